The Balaban J connectivity index is 2.43. The van der Waals surface area contributed by atoms with E-state index in [1.807, 2.05) is 32.7 Å². The fourth-order valence-electron chi connectivity index (χ4n) is 2.19. The fourth-order valence-corrected chi connectivity index (χ4v) is 4.14. The lowest BCUT2D eigenvalue weighted by molar-refractivity contribution is -0.522. The molecule has 8 heteroatoms. The predicted octanol–water partition coefficient (Wildman–Crippen LogP) is 2.98. The number of nitrogens with zero attached hydrogens (tertiary/aromatic N) is 3. The Kier molecular flexibility index (Phi) is 4.18. The summed E-state index contributed by atoms with van der Waals surface area (Å²) in [5.74, 6) is 0. The summed E-state index contributed by atoms with van der Waals surface area (Å²) in [6.07, 6.45) is 1.38. The van der Waals surface area contributed by atoms with E-state index in [-0.39, 0.29) is 5.69 Å². The maximum atomic E-state index is 12.7. The van der Waals surface area contributed by atoms with E-state index in [1.165, 1.54) is 30.1 Å². The first kappa shape index (κ1) is 16.7. The Bertz CT molecular complexity index is 675. The van der Waals surface area contributed by atoms with Crippen LogP contribution in [0.2, 0.25) is 0 Å². The molecule has 6 nitrogen and oxygen atoms in total. The molecule has 118 valence electrons. The van der Waals surface area contributed by atoms with Gasteiger partial charge in [-0.1, -0.05) is 18.3 Å². The summed E-state index contributed by atoms with van der Waals surface area (Å²) in [7, 11) is 1.86. The Hall–Kier alpha value is -1.67. The Labute approximate surface area is 138 Å². The minimum absolute atomic E-state index is 0.0433. The zero-order valence-corrected chi connectivity index (χ0v) is 14.4. The van der Waals surface area contributed by atoms with Crippen molar-refractivity contribution in [1.82, 2.24) is 4.90 Å². The minimum Gasteiger partial charge on any atom is -0.623 e. The molecule has 0 saturated carbocycles. The Morgan fingerprint density at radius 2 is 1.95 bits per heavy atom. The standard InChI is InChI=1S/C14H17N3O3S2/c1-13(2)14(3,22-12(21)15(13)4)16(18)9-10-6-5-7-11(8-10)17(19)20/h5-9H,1-4H3/b16-9+/t14-/m1/s1. The first-order chi connectivity index (χ1) is 10.1. The third-order valence-corrected chi connectivity index (χ3v) is 6.35. The van der Waals surface area contributed by atoms with Gasteiger partial charge < -0.3 is 10.1 Å². The van der Waals surface area contributed by atoms with Gasteiger partial charge in [0.25, 0.3) is 5.69 Å². The number of non-ortho nitro benzene ring substituents is 1. The molecule has 1 aromatic carbocycles. The lowest BCUT2D eigenvalue weighted by atomic mass is 9.94. The molecule has 1 fully saturated rings. The molecule has 1 aliphatic rings. The van der Waals surface area contributed by atoms with Crippen molar-refractivity contribution in [2.45, 2.75) is 31.2 Å². The summed E-state index contributed by atoms with van der Waals surface area (Å²) >= 11 is 6.63. The van der Waals surface area contributed by atoms with Gasteiger partial charge in [0.2, 0.25) is 4.87 Å². The molecule has 0 unspecified atom stereocenters. The number of hydrogen-bond acceptors (Lipinski definition) is 5. The van der Waals surface area contributed by atoms with Crippen LogP contribution in [-0.2, 0) is 0 Å². The molecule has 1 aliphatic heterocycles. The van der Waals surface area contributed by atoms with Gasteiger partial charge in [-0.05, 0) is 31.7 Å². The molecule has 0 bridgehead atoms. The number of nitro benzene ring substituents is 1. The molecule has 22 heavy (non-hydrogen) atoms. The number of nitro groups is 1. The molecule has 1 atom stereocenters. The Morgan fingerprint density at radius 3 is 2.45 bits per heavy atom. The number of thioether (sulfide) groups is 1. The highest BCUT2D eigenvalue weighted by molar-refractivity contribution is 8.24. The average Bonchev–Trinajstić information content (AvgIpc) is 2.60. The Morgan fingerprint density at radius 1 is 1.32 bits per heavy atom. The summed E-state index contributed by atoms with van der Waals surface area (Å²) in [4.78, 5) is 11.4. The van der Waals surface area contributed by atoms with Crippen LogP contribution in [0.1, 0.15) is 26.3 Å². The summed E-state index contributed by atoms with van der Waals surface area (Å²) in [6.45, 7) is 5.73. The van der Waals surface area contributed by atoms with E-state index in [0.29, 0.717) is 9.88 Å². The molecule has 1 heterocycles. The molecule has 0 aliphatic carbocycles. The third-order valence-electron chi connectivity index (χ3n) is 4.30. The number of hydrogen-bond donors (Lipinski definition) is 0. The molecule has 1 aromatic rings. The highest BCUT2D eigenvalue weighted by Crippen LogP contribution is 2.48. The SMILES string of the molecule is CN1C(=S)S[C@@](C)(/[N+]([O-])=C\c2cccc([N+](=O)[O-])c2)C1(C)C. The smallest absolute Gasteiger partial charge is 0.270 e. The predicted molar refractivity (Wildman–Crippen MR) is 92.3 cm³/mol. The topological polar surface area (TPSA) is 72.5 Å². The van der Waals surface area contributed by atoms with Crippen molar-refractivity contribution in [1.29, 1.82) is 0 Å². The lowest BCUT2D eigenvalue weighted by Gasteiger charge is -2.37. The van der Waals surface area contributed by atoms with Crippen LogP contribution >= 0.6 is 24.0 Å². The van der Waals surface area contributed by atoms with Gasteiger partial charge in [0.15, 0.2) is 6.21 Å². The van der Waals surface area contributed by atoms with Gasteiger partial charge in [0.05, 0.1) is 4.92 Å². The number of rotatable bonds is 3. The maximum absolute atomic E-state index is 12.7. The number of benzene rings is 1. The van der Waals surface area contributed by atoms with Gasteiger partial charge in [-0.2, -0.15) is 4.74 Å². The molecule has 0 N–H and O–H groups in total. The summed E-state index contributed by atoms with van der Waals surface area (Å²) in [5.41, 5.74) is -0.0335. The zero-order chi connectivity index (χ0) is 16.7. The summed E-state index contributed by atoms with van der Waals surface area (Å²) in [6, 6.07) is 5.99. The van der Waals surface area contributed by atoms with Crippen LogP contribution in [0.25, 0.3) is 0 Å². The highest BCUT2D eigenvalue weighted by atomic mass is 32.2. The van der Waals surface area contributed by atoms with E-state index in [2.05, 4.69) is 0 Å². The van der Waals surface area contributed by atoms with E-state index in [9.17, 15) is 15.3 Å². The second kappa shape index (κ2) is 5.51. The monoisotopic (exact) mass is 339 g/mol. The van der Waals surface area contributed by atoms with Gasteiger partial charge >= 0.3 is 0 Å². The molecule has 0 radical (unpaired) electrons. The van der Waals surface area contributed by atoms with Crippen molar-refractivity contribution in [3.8, 4) is 0 Å². The van der Waals surface area contributed by atoms with Crippen LogP contribution in [0.4, 0.5) is 5.69 Å². The van der Waals surface area contributed by atoms with E-state index >= 15 is 0 Å². The number of thiocarbonyl (C=S) groups is 1. The van der Waals surface area contributed by atoms with Crippen molar-refractivity contribution in [2.24, 2.45) is 0 Å². The van der Waals surface area contributed by atoms with Crippen molar-refractivity contribution >= 4 is 40.2 Å². The highest BCUT2D eigenvalue weighted by Gasteiger charge is 2.59. The van der Waals surface area contributed by atoms with Crippen LogP contribution in [0.5, 0.6) is 0 Å². The van der Waals surface area contributed by atoms with Crippen LogP contribution in [0, 0.1) is 15.3 Å². The number of likely N-dealkylation sites (N-methyl/N-ethyl adjacent to an activating group) is 1. The first-order valence-electron chi connectivity index (χ1n) is 6.62. The second-order valence-corrected chi connectivity index (χ2v) is 7.81. The molecule has 1 saturated heterocycles. The van der Waals surface area contributed by atoms with Crippen molar-refractivity contribution < 1.29 is 9.66 Å². The van der Waals surface area contributed by atoms with Crippen LogP contribution in [-0.4, -0.2) is 42.6 Å². The fraction of sp³-hybridized carbons (Fsp3) is 0.429. The van der Waals surface area contributed by atoms with Gasteiger partial charge in [-0.3, -0.25) is 10.1 Å². The van der Waals surface area contributed by atoms with E-state index in [0.717, 1.165) is 4.74 Å². The van der Waals surface area contributed by atoms with Crippen LogP contribution in [0.3, 0.4) is 0 Å². The number of hydroxylamine groups is 1. The lowest BCUT2D eigenvalue weighted by Crippen LogP contribution is -2.55. The average molecular weight is 339 g/mol. The van der Waals surface area contributed by atoms with Crippen molar-refractivity contribution in [2.75, 3.05) is 7.05 Å². The molecule has 0 aromatic heterocycles. The van der Waals surface area contributed by atoms with Crippen LogP contribution in [0.15, 0.2) is 24.3 Å². The van der Waals surface area contributed by atoms with E-state index in [1.54, 1.807) is 12.1 Å². The van der Waals surface area contributed by atoms with Crippen LogP contribution < -0.4 is 0 Å². The van der Waals surface area contributed by atoms with E-state index in [4.69, 9.17) is 12.2 Å². The summed E-state index contributed by atoms with van der Waals surface area (Å²) < 4.78 is 1.49. The molecular formula is C14H17N3O3S2. The van der Waals surface area contributed by atoms with Gasteiger partial charge in [0.1, 0.15) is 9.86 Å². The first-order valence-corrected chi connectivity index (χ1v) is 7.84. The van der Waals surface area contributed by atoms with E-state index < -0.39 is 15.3 Å². The van der Waals surface area contributed by atoms with Crippen molar-refractivity contribution in [3.63, 3.8) is 0 Å². The summed E-state index contributed by atoms with van der Waals surface area (Å²) in [5, 5.41) is 23.5. The van der Waals surface area contributed by atoms with Gasteiger partial charge in [0, 0.05) is 31.7 Å². The molecular weight excluding hydrogens is 322 g/mol. The third kappa shape index (κ3) is 2.56. The normalized spacial score (nSPS) is 24.6. The maximum Gasteiger partial charge on any atom is 0.270 e. The largest absolute Gasteiger partial charge is 0.623 e. The molecule has 0 spiro atoms. The zero-order valence-electron chi connectivity index (χ0n) is 12.8. The molecule has 2 rings (SSSR count). The second-order valence-electron chi connectivity index (χ2n) is 5.78. The molecule has 0 amide bonds. The quantitative estimate of drug-likeness (QED) is 0.210. The van der Waals surface area contributed by atoms with Crippen molar-refractivity contribution in [3.05, 3.63) is 45.2 Å². The van der Waals surface area contributed by atoms with Gasteiger partial charge in [-0.25, -0.2) is 0 Å². The van der Waals surface area contributed by atoms with Gasteiger partial charge in [-0.15, -0.1) is 0 Å². The minimum atomic E-state index is -0.816.